The molecule has 0 amide bonds. The highest BCUT2D eigenvalue weighted by molar-refractivity contribution is 5.93. The van der Waals surface area contributed by atoms with E-state index in [-0.39, 0.29) is 18.4 Å². The second-order valence-electron chi connectivity index (χ2n) is 12.5. The number of carbonyl (C=O) groups is 2. The molecule has 0 saturated carbocycles. The van der Waals surface area contributed by atoms with Crippen LogP contribution in [0.25, 0.3) is 22.2 Å². The molecule has 0 bridgehead atoms. The van der Waals surface area contributed by atoms with E-state index in [1.807, 2.05) is 45.9 Å². The second-order valence-corrected chi connectivity index (χ2v) is 12.5. The van der Waals surface area contributed by atoms with Crippen molar-refractivity contribution in [2.45, 2.75) is 77.6 Å². The van der Waals surface area contributed by atoms with Crippen molar-refractivity contribution in [3.8, 4) is 11.3 Å². The van der Waals surface area contributed by atoms with Crippen LogP contribution in [0.1, 0.15) is 69.2 Å². The van der Waals surface area contributed by atoms with Crippen LogP contribution in [0.3, 0.4) is 0 Å². The predicted molar refractivity (Wildman–Crippen MR) is 157 cm³/mol. The average Bonchev–Trinajstić information content (AvgIpc) is 3.21. The molecule has 42 heavy (non-hydrogen) atoms. The Morgan fingerprint density at radius 2 is 1.95 bits per heavy atom. The van der Waals surface area contributed by atoms with E-state index in [0.29, 0.717) is 36.2 Å². The summed E-state index contributed by atoms with van der Waals surface area (Å²) < 4.78 is 49.0. The Balaban J connectivity index is 1.94. The number of nitrogens with zero attached hydrogens (tertiary/aromatic N) is 3. The fourth-order valence-corrected chi connectivity index (χ4v) is 6.23. The maximum Gasteiger partial charge on any atom is 0.406 e. The zero-order chi connectivity index (χ0) is 30.7. The zero-order valence-corrected chi connectivity index (χ0v) is 24.8. The number of alkyl halides is 3. The first-order chi connectivity index (χ1) is 19.8. The minimum absolute atomic E-state index is 0.0145. The topological polar surface area (TPSA) is 90.5 Å². The molecule has 4 rings (SSSR count). The van der Waals surface area contributed by atoms with E-state index in [4.69, 9.17) is 10.5 Å². The number of pyridine rings is 1. The van der Waals surface area contributed by atoms with Crippen molar-refractivity contribution in [3.05, 3.63) is 53.3 Å². The number of carbonyl (C=O) groups excluding carboxylic acids is 2. The van der Waals surface area contributed by atoms with E-state index in [9.17, 15) is 22.8 Å². The third-order valence-electron chi connectivity index (χ3n) is 7.99. The summed E-state index contributed by atoms with van der Waals surface area (Å²) in [6, 6.07) is 8.83. The normalized spacial score (nSPS) is 17.5. The third kappa shape index (κ3) is 7.39. The standard InChI is InChI=1S/C32H41F3N4O3/c1-21(2)29-25(8-5-11-37-29)30-27(14-31(3,4)19-42-20-41)26-13-22(9-10-28(26)39(30)18-32(33,34)35)23-7-6-12-38(15-23)16-24(36)17-40/h5,8-11,13,17,20-21,23-24H,6-7,12,14-16,18-19,36H2,1-4H3. The van der Waals surface area contributed by atoms with Gasteiger partial charge in [-0.1, -0.05) is 33.8 Å². The fourth-order valence-electron chi connectivity index (χ4n) is 6.23. The van der Waals surface area contributed by atoms with Gasteiger partial charge in [0.25, 0.3) is 6.47 Å². The molecular weight excluding hydrogens is 545 g/mol. The van der Waals surface area contributed by atoms with Crippen LogP contribution in [0.5, 0.6) is 0 Å². The number of hydrogen-bond donors (Lipinski definition) is 1. The smallest absolute Gasteiger partial charge is 0.406 e. The molecule has 228 valence electrons. The monoisotopic (exact) mass is 586 g/mol. The van der Waals surface area contributed by atoms with Gasteiger partial charge in [-0.15, -0.1) is 0 Å². The number of ether oxygens (including phenoxy) is 1. The highest BCUT2D eigenvalue weighted by Crippen LogP contribution is 2.42. The van der Waals surface area contributed by atoms with Crippen LogP contribution in [-0.4, -0.2) is 65.7 Å². The first kappa shape index (κ1) is 31.7. The largest absolute Gasteiger partial charge is 0.467 e. The van der Waals surface area contributed by atoms with Crippen molar-refractivity contribution < 1.29 is 27.5 Å². The SMILES string of the molecule is CC(C)c1ncccc1-c1c(CC(C)(C)COC=O)c2cc(C3CCCN(CC(N)C=O)C3)ccc2n1CC(F)(F)F. The molecule has 0 spiro atoms. The van der Waals surface area contributed by atoms with E-state index in [1.54, 1.807) is 18.3 Å². The van der Waals surface area contributed by atoms with Gasteiger partial charge >= 0.3 is 6.18 Å². The minimum Gasteiger partial charge on any atom is -0.467 e. The molecule has 1 aliphatic rings. The van der Waals surface area contributed by atoms with Crippen molar-refractivity contribution in [2.24, 2.45) is 11.1 Å². The minimum atomic E-state index is -4.45. The van der Waals surface area contributed by atoms with Crippen LogP contribution in [0.2, 0.25) is 0 Å². The van der Waals surface area contributed by atoms with Gasteiger partial charge in [0.05, 0.1) is 24.0 Å². The number of nitrogens with two attached hydrogens (primary N) is 1. The number of halogens is 3. The van der Waals surface area contributed by atoms with Gasteiger partial charge in [0.2, 0.25) is 0 Å². The number of hydrogen-bond acceptors (Lipinski definition) is 6. The van der Waals surface area contributed by atoms with Gasteiger partial charge in [-0.2, -0.15) is 13.2 Å². The third-order valence-corrected chi connectivity index (χ3v) is 7.99. The summed E-state index contributed by atoms with van der Waals surface area (Å²) in [7, 11) is 0. The van der Waals surface area contributed by atoms with Gasteiger partial charge in [-0.25, -0.2) is 0 Å². The summed E-state index contributed by atoms with van der Waals surface area (Å²) >= 11 is 0. The highest BCUT2D eigenvalue weighted by atomic mass is 19.4. The molecule has 0 radical (unpaired) electrons. The van der Waals surface area contributed by atoms with Crippen LogP contribution >= 0.6 is 0 Å². The fraction of sp³-hybridized carbons (Fsp3) is 0.531. The Kier molecular flexibility index (Phi) is 9.77. The van der Waals surface area contributed by atoms with Crippen molar-refractivity contribution in [2.75, 3.05) is 26.2 Å². The number of rotatable bonds is 12. The van der Waals surface area contributed by atoms with Crippen LogP contribution in [-0.2, 0) is 27.3 Å². The lowest BCUT2D eigenvalue weighted by atomic mass is 9.83. The van der Waals surface area contributed by atoms with Gasteiger partial charge in [0.15, 0.2) is 0 Å². The first-order valence-electron chi connectivity index (χ1n) is 14.5. The summed E-state index contributed by atoms with van der Waals surface area (Å²) in [6.07, 6.45) is 0.230. The summed E-state index contributed by atoms with van der Waals surface area (Å²) in [5.41, 5.74) is 9.56. The quantitative estimate of drug-likeness (QED) is 0.269. The van der Waals surface area contributed by atoms with Gasteiger partial charge < -0.3 is 24.7 Å². The number of fused-ring (bicyclic) bond motifs is 1. The molecule has 1 aromatic carbocycles. The Morgan fingerprint density at radius 3 is 2.62 bits per heavy atom. The number of piperidine rings is 1. The molecule has 2 atom stereocenters. The van der Waals surface area contributed by atoms with E-state index in [2.05, 4.69) is 9.88 Å². The molecule has 1 saturated heterocycles. The van der Waals surface area contributed by atoms with Crippen molar-refractivity contribution in [1.29, 1.82) is 0 Å². The second kappa shape index (κ2) is 13.0. The molecule has 2 aromatic heterocycles. The maximum atomic E-state index is 14.1. The summed E-state index contributed by atoms with van der Waals surface area (Å²) in [4.78, 5) is 28.9. The lowest BCUT2D eigenvalue weighted by Crippen LogP contribution is -2.43. The average molecular weight is 587 g/mol. The molecule has 0 aliphatic carbocycles. The van der Waals surface area contributed by atoms with Crippen molar-refractivity contribution in [3.63, 3.8) is 0 Å². The lowest BCUT2D eigenvalue weighted by Gasteiger charge is -2.33. The molecule has 3 heterocycles. The molecular formula is C32H41F3N4O3. The molecule has 3 aromatic rings. The molecule has 1 aliphatic heterocycles. The van der Waals surface area contributed by atoms with E-state index < -0.39 is 24.2 Å². The van der Waals surface area contributed by atoms with E-state index >= 15 is 0 Å². The summed E-state index contributed by atoms with van der Waals surface area (Å²) in [6.45, 7) is 9.27. The highest BCUT2D eigenvalue weighted by Gasteiger charge is 2.34. The number of aromatic nitrogens is 2. The van der Waals surface area contributed by atoms with Gasteiger partial charge in [0, 0.05) is 41.2 Å². The van der Waals surface area contributed by atoms with Crippen molar-refractivity contribution >= 4 is 23.7 Å². The molecule has 2 unspecified atom stereocenters. The van der Waals surface area contributed by atoms with Crippen LogP contribution in [0.15, 0.2) is 36.5 Å². The van der Waals surface area contributed by atoms with Crippen LogP contribution in [0, 0.1) is 5.41 Å². The lowest BCUT2D eigenvalue weighted by molar-refractivity contribution is -0.139. The molecule has 1 fully saturated rings. The van der Waals surface area contributed by atoms with E-state index in [1.165, 1.54) is 4.57 Å². The van der Waals surface area contributed by atoms with E-state index in [0.717, 1.165) is 54.4 Å². The Labute approximate surface area is 245 Å². The molecule has 2 N–H and O–H groups in total. The Morgan fingerprint density at radius 1 is 1.19 bits per heavy atom. The number of likely N-dealkylation sites (tertiary alicyclic amines) is 1. The molecule has 7 nitrogen and oxygen atoms in total. The number of aldehydes is 1. The summed E-state index contributed by atoms with van der Waals surface area (Å²) in [5, 5.41) is 0.756. The van der Waals surface area contributed by atoms with Crippen LogP contribution in [0.4, 0.5) is 13.2 Å². The number of benzene rings is 1. The molecule has 10 heteroatoms. The van der Waals surface area contributed by atoms with Crippen LogP contribution < -0.4 is 5.73 Å². The predicted octanol–water partition coefficient (Wildman–Crippen LogP) is 5.84. The maximum absolute atomic E-state index is 14.1. The summed E-state index contributed by atoms with van der Waals surface area (Å²) in [5.74, 6) is 0.139. The zero-order valence-electron chi connectivity index (χ0n) is 24.8. The first-order valence-corrected chi connectivity index (χ1v) is 14.5. The van der Waals surface area contributed by atoms with Gasteiger partial charge in [-0.05, 0) is 73.0 Å². The van der Waals surface area contributed by atoms with Gasteiger partial charge in [0.1, 0.15) is 12.8 Å². The Hall–Kier alpha value is -3.24. The van der Waals surface area contributed by atoms with Crippen molar-refractivity contribution in [1.82, 2.24) is 14.5 Å². The van der Waals surface area contributed by atoms with Gasteiger partial charge in [-0.3, -0.25) is 9.78 Å². The Bertz CT molecular complexity index is 1400.